The molecule has 1 aromatic heterocycles. The molecular weight excluding hydrogens is 653 g/mol. The van der Waals surface area contributed by atoms with Gasteiger partial charge >= 0.3 is 0 Å². The number of nitrogens with zero attached hydrogens (tertiary/aromatic N) is 2. The number of benzene rings is 2. The molecule has 0 amide bonds. The molecule has 258 valence electrons. The largest absolute Gasteiger partial charge is 0.421 e. The summed E-state index contributed by atoms with van der Waals surface area (Å²) in [4.78, 5) is 0. The van der Waals surface area contributed by atoms with Gasteiger partial charge in [0.2, 0.25) is 11.4 Å². The molecule has 0 aliphatic heterocycles. The van der Waals surface area contributed by atoms with Crippen LogP contribution >= 0.6 is 12.2 Å². The van der Waals surface area contributed by atoms with Crippen molar-refractivity contribution in [3.63, 3.8) is 0 Å². The Morgan fingerprint density at radius 3 is 1.31 bits per heavy atom. The Morgan fingerprint density at radius 2 is 0.958 bits per heavy atom. The van der Waals surface area contributed by atoms with Crippen LogP contribution in [0, 0.1) is 50.6 Å². The highest BCUT2D eigenvalue weighted by molar-refractivity contribution is 8.01. The molecule has 0 saturated heterocycles. The van der Waals surface area contributed by atoms with E-state index in [4.69, 9.17) is 24.8 Å². The third-order valence-corrected chi connectivity index (χ3v) is 23.7. The average Bonchev–Trinajstić information content (AvgIpc) is 3.26. The van der Waals surface area contributed by atoms with Crippen LogP contribution in [-0.4, -0.2) is 24.9 Å². The zero-order valence-electron chi connectivity index (χ0n) is 32.6. The van der Waals surface area contributed by atoms with E-state index >= 15 is 0 Å². The monoisotopic (exact) mass is 712 g/mol. The topological polar surface area (TPSA) is 8.81 Å². The molecule has 0 radical (unpaired) electrons. The molecule has 1 heterocycles. The molecule has 6 heteroatoms. The van der Waals surface area contributed by atoms with Gasteiger partial charge in [-0.15, -0.1) is 11.1 Å². The van der Waals surface area contributed by atoms with Crippen LogP contribution in [0.25, 0.3) is 11.4 Å². The number of imidazole rings is 1. The number of aromatic nitrogens is 2. The fourth-order valence-electron chi connectivity index (χ4n) is 8.80. The number of thiocarbonyl (C=S) groups is 1. The van der Waals surface area contributed by atoms with Crippen molar-refractivity contribution in [3.8, 4) is 34.3 Å². The average molecular weight is 713 g/mol. The lowest BCUT2D eigenvalue weighted by Crippen LogP contribution is -2.44. The molecule has 0 aliphatic rings. The summed E-state index contributed by atoms with van der Waals surface area (Å²) in [6.07, 6.45) is 0. The van der Waals surface area contributed by atoms with E-state index in [1.54, 1.807) is 0 Å². The molecule has 2 aromatic carbocycles. The van der Waals surface area contributed by atoms with E-state index in [1.165, 1.54) is 22.3 Å². The van der Waals surface area contributed by atoms with Crippen LogP contribution in [0.15, 0.2) is 36.4 Å². The highest BCUT2D eigenvalue weighted by Crippen LogP contribution is 2.42. The molecule has 0 bridgehead atoms. The Kier molecular flexibility index (Phi) is 13.0. The van der Waals surface area contributed by atoms with Crippen molar-refractivity contribution >= 4 is 45.2 Å². The van der Waals surface area contributed by atoms with Crippen LogP contribution in [0.5, 0.6) is 0 Å². The predicted octanol–water partition coefficient (Wildman–Crippen LogP) is 11.3. The van der Waals surface area contributed by atoms with Crippen LogP contribution in [0.1, 0.15) is 123 Å². The standard InChI is InChI=1S/C42H60N2S2Si2/c1-27(2)47(28(3)4,29(5)6)19-17-39-40(18-20-48(30(7)8,31(9)10)32(11)12)44(38-25-35(15)22-36(16)26-38)41(42(45)46)43(39)37-23-33(13)21-34(14)24-37/h21-32H,1-16H3. The molecule has 2 nitrogen and oxygen atoms in total. The molecule has 0 N–H and O–H groups in total. The molecule has 0 atom stereocenters. The number of hydrogen-bond acceptors (Lipinski definition) is 2. The Hall–Kier alpha value is -2.49. The first-order chi connectivity index (χ1) is 22.2. The number of hydrogen-bond donors (Lipinski definition) is 0. The summed E-state index contributed by atoms with van der Waals surface area (Å²) in [5, 5.41) is 0. The van der Waals surface area contributed by atoms with Crippen molar-refractivity contribution in [1.82, 2.24) is 4.57 Å². The minimum atomic E-state index is -2.11. The molecule has 3 rings (SSSR count). The Labute approximate surface area is 307 Å². The second-order valence-electron chi connectivity index (χ2n) is 16.0. The highest BCUT2D eigenvalue weighted by atomic mass is 32.1. The first kappa shape index (κ1) is 39.9. The molecule has 0 aliphatic carbocycles. The molecular formula is C42H60N2S2Si2. The van der Waals surface area contributed by atoms with Crippen LogP contribution in [-0.2, 0) is 12.6 Å². The van der Waals surface area contributed by atoms with Gasteiger partial charge in [0, 0.05) is 0 Å². The quantitative estimate of drug-likeness (QED) is 0.0718. The molecule has 0 unspecified atom stereocenters. The number of aryl methyl sites for hydroxylation is 4. The smallest absolute Gasteiger partial charge is 0.281 e. The van der Waals surface area contributed by atoms with Gasteiger partial charge in [0.1, 0.15) is 27.5 Å². The maximum atomic E-state index is 6.00. The van der Waals surface area contributed by atoms with E-state index in [2.05, 4.69) is 179 Å². The molecule has 3 aromatic rings. The summed E-state index contributed by atoms with van der Waals surface area (Å²) in [7, 11) is -4.21. The van der Waals surface area contributed by atoms with E-state index in [0.717, 1.165) is 28.6 Å². The zero-order valence-corrected chi connectivity index (χ0v) is 36.3. The third kappa shape index (κ3) is 7.63. The summed E-state index contributed by atoms with van der Waals surface area (Å²) >= 11 is 12.0. The lowest BCUT2D eigenvalue weighted by molar-refractivity contribution is -0.598. The van der Waals surface area contributed by atoms with Gasteiger partial charge in [0.25, 0.3) is 5.82 Å². The van der Waals surface area contributed by atoms with E-state index in [0.29, 0.717) is 37.4 Å². The molecule has 0 fully saturated rings. The van der Waals surface area contributed by atoms with Crippen LogP contribution in [0.3, 0.4) is 0 Å². The summed E-state index contributed by atoms with van der Waals surface area (Å²) in [5.74, 6) is 8.59. The van der Waals surface area contributed by atoms with Crippen molar-refractivity contribution < 1.29 is 4.57 Å². The van der Waals surface area contributed by atoms with Gasteiger partial charge in [-0.25, -0.2) is 0 Å². The van der Waals surface area contributed by atoms with E-state index in [9.17, 15) is 0 Å². The maximum absolute atomic E-state index is 6.00. The second-order valence-corrected chi connectivity index (χ2v) is 28.2. The van der Waals surface area contributed by atoms with E-state index < -0.39 is 16.1 Å². The van der Waals surface area contributed by atoms with Gasteiger partial charge in [-0.2, -0.15) is 9.13 Å². The predicted molar refractivity (Wildman–Crippen MR) is 221 cm³/mol. The highest BCUT2D eigenvalue weighted by Gasteiger charge is 2.44. The first-order valence-electron chi connectivity index (χ1n) is 17.9. The first-order valence-corrected chi connectivity index (χ1v) is 23.2. The van der Waals surface area contributed by atoms with Gasteiger partial charge in [0.15, 0.2) is 0 Å². The van der Waals surface area contributed by atoms with Gasteiger partial charge in [0.05, 0.1) is 0 Å². The van der Waals surface area contributed by atoms with Crippen molar-refractivity contribution in [2.24, 2.45) is 0 Å². The van der Waals surface area contributed by atoms with Gasteiger partial charge in [-0.1, -0.05) is 95.2 Å². The molecule has 0 spiro atoms. The Morgan fingerprint density at radius 1 is 0.604 bits per heavy atom. The normalized spacial score (nSPS) is 12.3. The minimum absolute atomic E-state index is 0.407. The second kappa shape index (κ2) is 15.6. The van der Waals surface area contributed by atoms with Crippen LogP contribution < -0.4 is 4.57 Å². The minimum Gasteiger partial charge on any atom is -0.421 e. The van der Waals surface area contributed by atoms with Crippen molar-refractivity contribution in [3.05, 3.63) is 75.9 Å². The van der Waals surface area contributed by atoms with E-state index in [1.807, 2.05) is 0 Å². The summed E-state index contributed by atoms with van der Waals surface area (Å²) in [6.45, 7) is 37.1. The van der Waals surface area contributed by atoms with Gasteiger partial charge in [-0.05, 0) is 123 Å². The Bertz CT molecular complexity index is 1580. The zero-order chi connectivity index (χ0) is 36.5. The number of rotatable bonds is 9. The summed E-state index contributed by atoms with van der Waals surface area (Å²) in [5.41, 5.74) is 19.7. The summed E-state index contributed by atoms with van der Waals surface area (Å²) in [6, 6.07) is 13.3. The van der Waals surface area contributed by atoms with Gasteiger partial charge in [-0.3, -0.25) is 0 Å². The van der Waals surface area contributed by atoms with Crippen LogP contribution in [0.2, 0.25) is 33.2 Å². The van der Waals surface area contributed by atoms with Crippen molar-refractivity contribution in [2.45, 2.75) is 144 Å². The third-order valence-electron chi connectivity index (χ3n) is 10.7. The van der Waals surface area contributed by atoms with Crippen molar-refractivity contribution in [1.29, 1.82) is 0 Å². The van der Waals surface area contributed by atoms with Crippen LogP contribution in [0.4, 0.5) is 0 Å². The van der Waals surface area contributed by atoms with E-state index in [-0.39, 0.29) is 0 Å². The lowest BCUT2D eigenvalue weighted by atomic mass is 10.1. The summed E-state index contributed by atoms with van der Waals surface area (Å²) < 4.78 is 4.89. The van der Waals surface area contributed by atoms with Crippen molar-refractivity contribution in [2.75, 3.05) is 0 Å². The maximum Gasteiger partial charge on any atom is 0.281 e. The lowest BCUT2D eigenvalue weighted by Gasteiger charge is -2.38. The SMILES string of the molecule is Cc1cc(C)cc(-n2c(C#C[Si](C(C)C)(C(C)C)C(C)C)c(C#C[Si](C(C)C)(C(C)C)C(C)C)[n+](-c3cc(C)cc(C)c3)c2C(=S)[S-])c1. The molecule has 48 heavy (non-hydrogen) atoms. The fraction of sp³-hybridized carbons (Fsp3) is 0.524. The molecule has 0 saturated carbocycles. The van der Waals surface area contributed by atoms with Gasteiger partial charge < -0.3 is 24.8 Å². The Balaban J connectivity index is 2.80. The fourth-order valence-corrected chi connectivity index (χ4v) is 19.6.